The Morgan fingerprint density at radius 2 is 1.78 bits per heavy atom. The molecule has 0 aromatic heterocycles. The molecular weight excluding hydrogens is 406 g/mol. The molecule has 1 atom stereocenters. The van der Waals surface area contributed by atoms with E-state index in [0.29, 0.717) is 35.9 Å². The van der Waals surface area contributed by atoms with E-state index in [0.717, 1.165) is 23.1 Å². The minimum Gasteiger partial charge on any atom is -0.496 e. The Morgan fingerprint density at radius 1 is 1.09 bits per heavy atom. The van der Waals surface area contributed by atoms with Crippen LogP contribution in [-0.2, 0) is 14.3 Å². The highest BCUT2D eigenvalue weighted by Gasteiger charge is 2.52. The van der Waals surface area contributed by atoms with Crippen LogP contribution in [0.25, 0.3) is 5.57 Å². The number of carbonyl (C=O) groups is 2. The van der Waals surface area contributed by atoms with Crippen molar-refractivity contribution in [3.05, 3.63) is 70.5 Å². The number of ether oxygens (including phenoxy) is 3. The van der Waals surface area contributed by atoms with Crippen LogP contribution in [0.2, 0.25) is 0 Å². The summed E-state index contributed by atoms with van der Waals surface area (Å²) in [5.41, 5.74) is 2.67. The summed E-state index contributed by atoms with van der Waals surface area (Å²) in [6.07, 6.45) is 0.753. The number of nitrogens with zero attached hydrogens (tertiary/aromatic N) is 1. The van der Waals surface area contributed by atoms with Gasteiger partial charge in [-0.3, -0.25) is 4.79 Å². The van der Waals surface area contributed by atoms with Crippen molar-refractivity contribution < 1.29 is 23.8 Å². The molecule has 2 aromatic rings. The van der Waals surface area contributed by atoms with Crippen molar-refractivity contribution in [2.24, 2.45) is 0 Å². The number of rotatable bonds is 5. The molecule has 6 nitrogen and oxygen atoms in total. The maximum atomic E-state index is 13.9. The van der Waals surface area contributed by atoms with Crippen LogP contribution in [0.5, 0.6) is 5.75 Å². The zero-order valence-electron chi connectivity index (χ0n) is 19.2. The SMILES string of the molecule is COc1ccccc1C(=O)OC1=C(c2c(C)cccc2C)C(=O)N(C2CCOC2)C1(C)C. The molecule has 1 saturated heterocycles. The molecule has 0 bridgehead atoms. The van der Waals surface area contributed by atoms with E-state index in [-0.39, 0.29) is 11.9 Å². The minimum atomic E-state index is -0.822. The van der Waals surface area contributed by atoms with Gasteiger partial charge in [-0.05, 0) is 62.9 Å². The number of amides is 1. The van der Waals surface area contributed by atoms with Crippen molar-refractivity contribution in [1.29, 1.82) is 0 Å². The fourth-order valence-electron chi connectivity index (χ4n) is 4.80. The van der Waals surface area contributed by atoms with Crippen LogP contribution in [0.1, 0.15) is 47.3 Å². The van der Waals surface area contributed by atoms with E-state index in [2.05, 4.69) is 0 Å². The number of para-hydroxylation sites is 1. The second-order valence-electron chi connectivity index (χ2n) is 8.81. The zero-order chi connectivity index (χ0) is 23.0. The molecule has 1 amide bonds. The minimum absolute atomic E-state index is 0.0701. The van der Waals surface area contributed by atoms with Crippen LogP contribution in [-0.4, -0.2) is 48.7 Å². The number of esters is 1. The van der Waals surface area contributed by atoms with Gasteiger partial charge in [-0.2, -0.15) is 0 Å². The highest BCUT2D eigenvalue weighted by atomic mass is 16.5. The topological polar surface area (TPSA) is 65.1 Å². The molecule has 4 rings (SSSR count). The fraction of sp³-hybridized carbons (Fsp3) is 0.385. The summed E-state index contributed by atoms with van der Waals surface area (Å²) in [5.74, 6) is 0.106. The Balaban J connectivity index is 1.86. The maximum Gasteiger partial charge on any atom is 0.347 e. The van der Waals surface area contributed by atoms with Crippen LogP contribution >= 0.6 is 0 Å². The quantitative estimate of drug-likeness (QED) is 0.656. The van der Waals surface area contributed by atoms with E-state index in [9.17, 15) is 9.59 Å². The van der Waals surface area contributed by atoms with Crippen LogP contribution in [0, 0.1) is 13.8 Å². The molecule has 0 N–H and O–H groups in total. The van der Waals surface area contributed by atoms with E-state index in [1.165, 1.54) is 7.11 Å². The molecule has 2 aromatic carbocycles. The summed E-state index contributed by atoms with van der Waals surface area (Å²) < 4.78 is 17.0. The van der Waals surface area contributed by atoms with Crippen LogP contribution < -0.4 is 4.74 Å². The first-order chi connectivity index (χ1) is 15.3. The van der Waals surface area contributed by atoms with Gasteiger partial charge in [-0.25, -0.2) is 4.79 Å². The number of methoxy groups -OCH3 is 1. The van der Waals surface area contributed by atoms with Crippen LogP contribution in [0.3, 0.4) is 0 Å². The van der Waals surface area contributed by atoms with Crippen molar-refractivity contribution >= 4 is 17.4 Å². The van der Waals surface area contributed by atoms with Crippen LogP contribution in [0.15, 0.2) is 48.2 Å². The van der Waals surface area contributed by atoms with Gasteiger partial charge in [0.2, 0.25) is 0 Å². The Kier molecular flexibility index (Phi) is 5.82. The number of benzene rings is 2. The normalized spacial score (nSPS) is 20.1. The summed E-state index contributed by atoms with van der Waals surface area (Å²) in [6, 6.07) is 12.8. The van der Waals surface area contributed by atoms with Crippen molar-refractivity contribution in [2.45, 2.75) is 45.7 Å². The standard InChI is InChI=1S/C26H29NO5/c1-16-9-8-10-17(2)21(16)22-23(32-25(29)19-11-6-7-12-20(19)30-5)26(3,4)27(24(22)28)18-13-14-31-15-18/h6-12,18H,13-15H2,1-5H3. The van der Waals surface area contributed by atoms with E-state index >= 15 is 0 Å². The van der Waals surface area contributed by atoms with E-state index in [1.54, 1.807) is 24.3 Å². The summed E-state index contributed by atoms with van der Waals surface area (Å²) in [7, 11) is 1.51. The third-order valence-electron chi connectivity index (χ3n) is 6.34. The van der Waals surface area contributed by atoms with Gasteiger partial charge in [0.1, 0.15) is 17.1 Å². The van der Waals surface area contributed by atoms with Crippen molar-refractivity contribution in [1.82, 2.24) is 4.90 Å². The van der Waals surface area contributed by atoms with Crippen molar-refractivity contribution in [3.8, 4) is 5.75 Å². The summed E-state index contributed by atoms with van der Waals surface area (Å²) in [5, 5.41) is 0. The average molecular weight is 436 g/mol. The second kappa shape index (κ2) is 8.43. The van der Waals surface area contributed by atoms with E-state index in [1.807, 2.05) is 50.8 Å². The number of hydrogen-bond donors (Lipinski definition) is 0. The lowest BCUT2D eigenvalue weighted by Gasteiger charge is -2.37. The molecule has 6 heteroatoms. The van der Waals surface area contributed by atoms with Gasteiger partial charge in [0.15, 0.2) is 0 Å². The second-order valence-corrected chi connectivity index (χ2v) is 8.81. The first-order valence-corrected chi connectivity index (χ1v) is 10.8. The van der Waals surface area contributed by atoms with Gasteiger partial charge in [0, 0.05) is 6.61 Å². The predicted molar refractivity (Wildman–Crippen MR) is 121 cm³/mol. The summed E-state index contributed by atoms with van der Waals surface area (Å²) in [4.78, 5) is 28.9. The lowest BCUT2D eigenvalue weighted by Crippen LogP contribution is -2.50. The smallest absolute Gasteiger partial charge is 0.347 e. The number of aryl methyl sites for hydroxylation is 2. The maximum absolute atomic E-state index is 13.9. The molecule has 0 saturated carbocycles. The molecule has 0 spiro atoms. The largest absolute Gasteiger partial charge is 0.496 e. The van der Waals surface area contributed by atoms with Gasteiger partial charge >= 0.3 is 5.97 Å². The first kappa shape index (κ1) is 22.1. The molecule has 2 aliphatic rings. The Morgan fingerprint density at radius 3 is 2.41 bits per heavy atom. The highest BCUT2D eigenvalue weighted by Crippen LogP contribution is 2.45. The van der Waals surface area contributed by atoms with Gasteiger partial charge in [0.25, 0.3) is 5.91 Å². The molecule has 1 unspecified atom stereocenters. The molecular formula is C26H29NO5. The molecule has 0 radical (unpaired) electrons. The highest BCUT2D eigenvalue weighted by molar-refractivity contribution is 6.24. The number of hydrogen-bond acceptors (Lipinski definition) is 5. The molecule has 0 aliphatic carbocycles. The lowest BCUT2D eigenvalue weighted by atomic mass is 9.92. The van der Waals surface area contributed by atoms with Crippen LogP contribution in [0.4, 0.5) is 0 Å². The molecule has 1 fully saturated rings. The van der Waals surface area contributed by atoms with E-state index in [4.69, 9.17) is 14.2 Å². The van der Waals surface area contributed by atoms with Gasteiger partial charge < -0.3 is 19.1 Å². The Hall–Kier alpha value is -3.12. The first-order valence-electron chi connectivity index (χ1n) is 10.8. The average Bonchev–Trinajstić information content (AvgIpc) is 3.34. The van der Waals surface area contributed by atoms with Crippen molar-refractivity contribution in [2.75, 3.05) is 20.3 Å². The third-order valence-corrected chi connectivity index (χ3v) is 6.34. The third kappa shape index (κ3) is 3.58. The molecule has 32 heavy (non-hydrogen) atoms. The van der Waals surface area contributed by atoms with E-state index < -0.39 is 11.5 Å². The Bertz CT molecular complexity index is 1070. The monoisotopic (exact) mass is 435 g/mol. The summed E-state index contributed by atoms with van der Waals surface area (Å²) >= 11 is 0. The predicted octanol–water partition coefficient (Wildman–Crippen LogP) is 4.29. The Labute approximate surface area is 188 Å². The summed E-state index contributed by atoms with van der Waals surface area (Å²) in [6.45, 7) is 8.87. The molecule has 2 heterocycles. The number of carbonyl (C=O) groups excluding carboxylic acids is 2. The fourth-order valence-corrected chi connectivity index (χ4v) is 4.80. The lowest BCUT2D eigenvalue weighted by molar-refractivity contribution is -0.130. The zero-order valence-corrected chi connectivity index (χ0v) is 19.2. The van der Waals surface area contributed by atoms with Crippen molar-refractivity contribution in [3.63, 3.8) is 0 Å². The van der Waals surface area contributed by atoms with Gasteiger partial charge in [-0.1, -0.05) is 30.3 Å². The molecule has 168 valence electrons. The molecule has 2 aliphatic heterocycles. The van der Waals surface area contributed by atoms with Gasteiger partial charge in [0.05, 0.1) is 30.9 Å². The van der Waals surface area contributed by atoms with Gasteiger partial charge in [-0.15, -0.1) is 0 Å².